The summed E-state index contributed by atoms with van der Waals surface area (Å²) in [7, 11) is 1.73. The van der Waals surface area contributed by atoms with Gasteiger partial charge < -0.3 is 15.5 Å². The normalized spacial score (nSPS) is 15.0. The standard InChI is InChI=1S/C10H13Br2NO2/c1-13-5-8(14)10(15)9-6(11)3-2-4-7(9)12/h2-4,8,10,13-15H,5H2,1H3. The second kappa shape index (κ2) is 5.96. The molecule has 0 aliphatic heterocycles. The highest BCUT2D eigenvalue weighted by Gasteiger charge is 2.21. The van der Waals surface area contributed by atoms with E-state index in [0.717, 1.165) is 8.95 Å². The van der Waals surface area contributed by atoms with Crippen molar-refractivity contribution in [2.45, 2.75) is 12.2 Å². The fourth-order valence-corrected chi connectivity index (χ4v) is 2.77. The Balaban J connectivity index is 2.94. The molecule has 5 heteroatoms. The molecule has 1 aromatic carbocycles. The van der Waals surface area contributed by atoms with E-state index in [1.165, 1.54) is 0 Å². The highest BCUT2D eigenvalue weighted by atomic mass is 79.9. The number of hydrogen-bond donors (Lipinski definition) is 3. The van der Waals surface area contributed by atoms with Crippen LogP contribution in [0.25, 0.3) is 0 Å². The van der Waals surface area contributed by atoms with Crippen LogP contribution in [-0.2, 0) is 0 Å². The van der Waals surface area contributed by atoms with Gasteiger partial charge in [-0.05, 0) is 19.2 Å². The number of hydrogen-bond acceptors (Lipinski definition) is 3. The zero-order valence-corrected chi connectivity index (χ0v) is 11.4. The van der Waals surface area contributed by atoms with Crippen LogP contribution in [0.4, 0.5) is 0 Å². The lowest BCUT2D eigenvalue weighted by Gasteiger charge is -2.20. The summed E-state index contributed by atoms with van der Waals surface area (Å²) in [6.07, 6.45) is -1.74. The van der Waals surface area contributed by atoms with Gasteiger partial charge in [0.05, 0.1) is 6.10 Å². The van der Waals surface area contributed by atoms with Crippen molar-refractivity contribution in [2.24, 2.45) is 0 Å². The summed E-state index contributed by atoms with van der Waals surface area (Å²) in [6.45, 7) is 0.342. The highest BCUT2D eigenvalue weighted by Crippen LogP contribution is 2.32. The third kappa shape index (κ3) is 3.26. The Labute approximate surface area is 106 Å². The van der Waals surface area contributed by atoms with Crippen LogP contribution in [0.5, 0.6) is 0 Å². The maximum Gasteiger partial charge on any atom is 0.108 e. The molecular formula is C10H13Br2NO2. The average molecular weight is 339 g/mol. The van der Waals surface area contributed by atoms with Gasteiger partial charge in [0.25, 0.3) is 0 Å². The number of halogens is 2. The first-order valence-corrected chi connectivity index (χ1v) is 6.11. The first-order chi connectivity index (χ1) is 7.07. The Kier molecular flexibility index (Phi) is 5.22. The van der Waals surface area contributed by atoms with E-state index >= 15 is 0 Å². The minimum atomic E-state index is -0.914. The van der Waals surface area contributed by atoms with Gasteiger partial charge >= 0.3 is 0 Å². The molecule has 1 aromatic rings. The van der Waals surface area contributed by atoms with Crippen molar-refractivity contribution in [3.05, 3.63) is 32.7 Å². The lowest BCUT2D eigenvalue weighted by Crippen LogP contribution is -2.29. The fraction of sp³-hybridized carbons (Fsp3) is 0.400. The smallest absolute Gasteiger partial charge is 0.108 e. The summed E-state index contributed by atoms with van der Waals surface area (Å²) >= 11 is 6.69. The summed E-state index contributed by atoms with van der Waals surface area (Å²) in [5.41, 5.74) is 0.667. The van der Waals surface area contributed by atoms with Gasteiger partial charge in [-0.2, -0.15) is 0 Å². The van der Waals surface area contributed by atoms with Crippen LogP contribution < -0.4 is 5.32 Å². The molecule has 0 aromatic heterocycles. The number of nitrogens with one attached hydrogen (secondary N) is 1. The second-order valence-electron chi connectivity index (χ2n) is 3.21. The second-order valence-corrected chi connectivity index (χ2v) is 4.91. The highest BCUT2D eigenvalue weighted by molar-refractivity contribution is 9.11. The monoisotopic (exact) mass is 337 g/mol. The van der Waals surface area contributed by atoms with Gasteiger partial charge in [0.1, 0.15) is 6.10 Å². The van der Waals surface area contributed by atoms with Crippen LogP contribution in [-0.4, -0.2) is 29.9 Å². The van der Waals surface area contributed by atoms with Crippen molar-refractivity contribution in [1.82, 2.24) is 5.32 Å². The van der Waals surface area contributed by atoms with Gasteiger partial charge in [0, 0.05) is 21.1 Å². The molecule has 0 saturated carbocycles. The van der Waals surface area contributed by atoms with E-state index in [-0.39, 0.29) is 0 Å². The van der Waals surface area contributed by atoms with E-state index < -0.39 is 12.2 Å². The van der Waals surface area contributed by atoms with Gasteiger partial charge in [0.15, 0.2) is 0 Å². The van der Waals surface area contributed by atoms with Crippen LogP contribution in [0.15, 0.2) is 27.1 Å². The zero-order valence-electron chi connectivity index (χ0n) is 8.24. The minimum Gasteiger partial charge on any atom is -0.389 e. The predicted molar refractivity (Wildman–Crippen MR) is 66.7 cm³/mol. The van der Waals surface area contributed by atoms with Crippen molar-refractivity contribution in [2.75, 3.05) is 13.6 Å². The summed E-state index contributed by atoms with van der Waals surface area (Å²) in [5.74, 6) is 0. The molecule has 84 valence electrons. The number of rotatable bonds is 4. The molecule has 1 rings (SSSR count). The van der Waals surface area contributed by atoms with E-state index in [0.29, 0.717) is 12.1 Å². The van der Waals surface area contributed by atoms with Crippen LogP contribution in [0.3, 0.4) is 0 Å². The molecule has 0 spiro atoms. The van der Waals surface area contributed by atoms with Crippen molar-refractivity contribution in [3.63, 3.8) is 0 Å². The van der Waals surface area contributed by atoms with Gasteiger partial charge in [-0.3, -0.25) is 0 Å². The van der Waals surface area contributed by atoms with Crippen LogP contribution in [0.2, 0.25) is 0 Å². The average Bonchev–Trinajstić information content (AvgIpc) is 2.17. The Bertz CT molecular complexity index is 313. The fourth-order valence-electron chi connectivity index (χ4n) is 1.31. The Morgan fingerprint density at radius 1 is 1.27 bits per heavy atom. The topological polar surface area (TPSA) is 52.5 Å². The van der Waals surface area contributed by atoms with Crippen LogP contribution in [0, 0.1) is 0 Å². The maximum absolute atomic E-state index is 9.93. The third-order valence-corrected chi connectivity index (χ3v) is 3.46. The van der Waals surface area contributed by atoms with Crippen LogP contribution in [0.1, 0.15) is 11.7 Å². The molecule has 0 aliphatic rings. The first-order valence-electron chi connectivity index (χ1n) is 4.52. The quantitative estimate of drug-likeness (QED) is 0.785. The number of aliphatic hydroxyl groups is 2. The summed E-state index contributed by atoms with van der Waals surface area (Å²) in [4.78, 5) is 0. The van der Waals surface area contributed by atoms with Crippen molar-refractivity contribution < 1.29 is 10.2 Å². The predicted octanol–water partition coefficient (Wildman–Crippen LogP) is 1.83. The van der Waals surface area contributed by atoms with Crippen molar-refractivity contribution in [3.8, 4) is 0 Å². The van der Waals surface area contributed by atoms with E-state index in [4.69, 9.17) is 0 Å². The first kappa shape index (κ1) is 13.1. The van der Waals surface area contributed by atoms with Crippen LogP contribution >= 0.6 is 31.9 Å². The van der Waals surface area contributed by atoms with Gasteiger partial charge in [-0.15, -0.1) is 0 Å². The van der Waals surface area contributed by atoms with E-state index in [1.54, 1.807) is 7.05 Å². The summed E-state index contributed by atoms with van der Waals surface area (Å²) in [5, 5.41) is 22.4. The molecule has 0 radical (unpaired) electrons. The molecule has 0 heterocycles. The largest absolute Gasteiger partial charge is 0.389 e. The maximum atomic E-state index is 9.93. The number of aliphatic hydroxyl groups excluding tert-OH is 2. The van der Waals surface area contributed by atoms with Crippen molar-refractivity contribution in [1.29, 1.82) is 0 Å². The van der Waals surface area contributed by atoms with E-state index in [1.807, 2.05) is 18.2 Å². The zero-order chi connectivity index (χ0) is 11.4. The minimum absolute atomic E-state index is 0.342. The molecule has 0 amide bonds. The molecule has 3 nitrogen and oxygen atoms in total. The molecule has 0 bridgehead atoms. The third-order valence-electron chi connectivity index (χ3n) is 2.07. The Morgan fingerprint density at radius 2 is 1.80 bits per heavy atom. The molecular weight excluding hydrogens is 326 g/mol. The van der Waals surface area contributed by atoms with E-state index in [2.05, 4.69) is 37.2 Å². The number of likely N-dealkylation sites (N-methyl/N-ethyl adjacent to an activating group) is 1. The van der Waals surface area contributed by atoms with Gasteiger partial charge in [-0.25, -0.2) is 0 Å². The van der Waals surface area contributed by atoms with Crippen molar-refractivity contribution >= 4 is 31.9 Å². The SMILES string of the molecule is CNCC(O)C(O)c1c(Br)cccc1Br. The molecule has 3 N–H and O–H groups in total. The Morgan fingerprint density at radius 3 is 2.27 bits per heavy atom. The molecule has 0 aliphatic carbocycles. The molecule has 15 heavy (non-hydrogen) atoms. The van der Waals surface area contributed by atoms with E-state index in [9.17, 15) is 10.2 Å². The summed E-state index contributed by atoms with van der Waals surface area (Å²) < 4.78 is 1.55. The lowest BCUT2D eigenvalue weighted by atomic mass is 10.0. The lowest BCUT2D eigenvalue weighted by molar-refractivity contribution is 0.0194. The van der Waals surface area contributed by atoms with Gasteiger partial charge in [-0.1, -0.05) is 37.9 Å². The molecule has 0 fully saturated rings. The molecule has 0 saturated heterocycles. The van der Waals surface area contributed by atoms with Gasteiger partial charge in [0.2, 0.25) is 0 Å². The number of benzene rings is 1. The molecule has 2 atom stereocenters. The Hall–Kier alpha value is 0.0600. The summed E-state index contributed by atoms with van der Waals surface area (Å²) in [6, 6.07) is 5.51. The molecule has 2 unspecified atom stereocenters.